The van der Waals surface area contributed by atoms with Gasteiger partial charge in [0.15, 0.2) is 6.61 Å². The van der Waals surface area contributed by atoms with Crippen molar-refractivity contribution in [3.8, 4) is 0 Å². The van der Waals surface area contributed by atoms with Crippen molar-refractivity contribution in [3.05, 3.63) is 12.7 Å². The minimum absolute atomic E-state index is 0.117. The van der Waals surface area contributed by atoms with Gasteiger partial charge in [0.1, 0.15) is 11.4 Å². The summed E-state index contributed by atoms with van der Waals surface area (Å²) in [7, 11) is -3.70. The molecule has 7 nitrogen and oxygen atoms in total. The van der Waals surface area contributed by atoms with Gasteiger partial charge in [0.25, 0.3) is 10.1 Å². The molecule has 0 aromatic heterocycles. The van der Waals surface area contributed by atoms with E-state index in [0.717, 1.165) is 6.08 Å². The Labute approximate surface area is 122 Å². The fourth-order valence-corrected chi connectivity index (χ4v) is 5.90. The summed E-state index contributed by atoms with van der Waals surface area (Å²) in [6.07, 6.45) is 1.11. The predicted molar refractivity (Wildman–Crippen MR) is 69.4 cm³/mol. The molecule has 1 heterocycles. The van der Waals surface area contributed by atoms with Crippen molar-refractivity contribution in [1.29, 1.82) is 0 Å². The topological polar surface area (TPSA) is 96.0 Å². The molecular weight excluding hydrogens is 300 g/mol. The zero-order valence-corrected chi connectivity index (χ0v) is 12.3. The second-order valence-corrected chi connectivity index (χ2v) is 7.76. The highest BCUT2D eigenvalue weighted by molar-refractivity contribution is 7.87. The average molecular weight is 316 g/mol. The van der Waals surface area contributed by atoms with Gasteiger partial charge in [0, 0.05) is 17.4 Å². The summed E-state index contributed by atoms with van der Waals surface area (Å²) in [5.41, 5.74) is -0.401. The molecule has 2 bridgehead atoms. The largest absolute Gasteiger partial charge is 0.458 e. The summed E-state index contributed by atoms with van der Waals surface area (Å²) in [4.78, 5) is 22.7. The molecule has 3 rings (SSSR count). The van der Waals surface area contributed by atoms with Crippen molar-refractivity contribution in [2.24, 2.45) is 11.3 Å². The Morgan fingerprint density at radius 2 is 2.14 bits per heavy atom. The number of hydrogen-bond donors (Lipinski definition) is 0. The smallest absolute Gasteiger partial charge is 0.344 e. The first-order valence-electron chi connectivity index (χ1n) is 6.68. The number of carbonyl (C=O) groups is 2. The molecule has 5 atom stereocenters. The lowest BCUT2D eigenvalue weighted by molar-refractivity contribution is -0.164. The SMILES string of the molecule is C=CC(=O)OCC(=O)OC1C2C3CC1(C)CC3OS2(=O)=O. The quantitative estimate of drug-likeness (QED) is 0.414. The second-order valence-electron chi connectivity index (χ2n) is 6.04. The molecule has 2 saturated carbocycles. The number of fused-ring (bicyclic) bond motifs is 1. The highest BCUT2D eigenvalue weighted by Crippen LogP contribution is 2.62. The summed E-state index contributed by atoms with van der Waals surface area (Å²) in [6, 6.07) is 0. The molecule has 1 saturated heterocycles. The highest BCUT2D eigenvalue weighted by Gasteiger charge is 2.70. The third-order valence-corrected chi connectivity index (χ3v) is 6.38. The third-order valence-electron chi connectivity index (χ3n) is 4.60. The summed E-state index contributed by atoms with van der Waals surface area (Å²) >= 11 is 0. The minimum Gasteiger partial charge on any atom is -0.458 e. The number of rotatable bonds is 4. The molecule has 0 aromatic rings. The zero-order chi connectivity index (χ0) is 15.4. The van der Waals surface area contributed by atoms with Crippen LogP contribution in [0.25, 0.3) is 0 Å². The van der Waals surface area contributed by atoms with Crippen molar-refractivity contribution >= 4 is 22.1 Å². The molecule has 0 radical (unpaired) electrons. The van der Waals surface area contributed by atoms with E-state index in [2.05, 4.69) is 11.3 Å². The van der Waals surface area contributed by atoms with Gasteiger partial charge < -0.3 is 9.47 Å². The minimum atomic E-state index is -3.70. The molecule has 0 N–H and O–H groups in total. The highest BCUT2D eigenvalue weighted by atomic mass is 32.2. The van der Waals surface area contributed by atoms with Gasteiger partial charge in [-0.05, 0) is 12.8 Å². The van der Waals surface area contributed by atoms with E-state index in [4.69, 9.17) is 8.92 Å². The van der Waals surface area contributed by atoms with Gasteiger partial charge in [-0.25, -0.2) is 9.59 Å². The third kappa shape index (κ3) is 2.17. The van der Waals surface area contributed by atoms with Crippen molar-refractivity contribution in [1.82, 2.24) is 0 Å². The fourth-order valence-electron chi connectivity index (χ4n) is 3.83. The van der Waals surface area contributed by atoms with Crippen LogP contribution in [0.3, 0.4) is 0 Å². The second kappa shape index (κ2) is 4.54. The van der Waals surface area contributed by atoms with E-state index in [0.29, 0.717) is 12.8 Å². The summed E-state index contributed by atoms with van der Waals surface area (Å²) in [6.45, 7) is 4.56. The fraction of sp³-hybridized carbons (Fsp3) is 0.692. The molecule has 3 aliphatic rings. The van der Waals surface area contributed by atoms with Crippen LogP contribution in [0.15, 0.2) is 12.7 Å². The first kappa shape index (κ1) is 14.5. The molecule has 0 spiro atoms. The summed E-state index contributed by atoms with van der Waals surface area (Å²) in [5, 5.41) is -0.805. The molecular formula is C13H16O7S. The molecule has 2 aliphatic carbocycles. The maximum absolute atomic E-state index is 12.0. The first-order chi connectivity index (χ1) is 9.77. The number of hydrogen-bond acceptors (Lipinski definition) is 7. The number of ether oxygens (including phenoxy) is 2. The molecule has 21 heavy (non-hydrogen) atoms. The molecule has 3 fully saturated rings. The molecule has 8 heteroatoms. The zero-order valence-electron chi connectivity index (χ0n) is 11.5. The summed E-state index contributed by atoms with van der Waals surface area (Å²) in [5.74, 6) is -1.61. The molecule has 116 valence electrons. The Balaban J connectivity index is 1.72. The summed E-state index contributed by atoms with van der Waals surface area (Å²) < 4.78 is 39.0. The lowest BCUT2D eigenvalue weighted by Gasteiger charge is -2.32. The van der Waals surface area contributed by atoms with Crippen LogP contribution in [0.4, 0.5) is 0 Å². The lowest BCUT2D eigenvalue weighted by atomic mass is 9.82. The van der Waals surface area contributed by atoms with E-state index in [1.807, 2.05) is 6.92 Å². The van der Waals surface area contributed by atoms with Crippen molar-refractivity contribution in [3.63, 3.8) is 0 Å². The Morgan fingerprint density at radius 3 is 2.81 bits per heavy atom. The Hall–Kier alpha value is -1.41. The van der Waals surface area contributed by atoms with Crippen LogP contribution in [0.1, 0.15) is 19.8 Å². The van der Waals surface area contributed by atoms with Gasteiger partial charge in [-0.2, -0.15) is 8.42 Å². The first-order valence-corrected chi connectivity index (χ1v) is 8.15. The standard InChI is InChI=1S/C13H16O7S/c1-3-9(14)18-6-10(15)19-12-11-7-4-13(12,2)5-8(7)20-21(11,16)17/h3,7-8,11-12H,1,4-6H2,2H3. The van der Waals surface area contributed by atoms with E-state index < -0.39 is 45.4 Å². The van der Waals surface area contributed by atoms with Crippen LogP contribution in [0, 0.1) is 11.3 Å². The van der Waals surface area contributed by atoms with E-state index in [-0.39, 0.29) is 12.0 Å². The van der Waals surface area contributed by atoms with Crippen molar-refractivity contribution < 1.29 is 31.7 Å². The lowest BCUT2D eigenvalue weighted by Crippen LogP contribution is -2.44. The van der Waals surface area contributed by atoms with Crippen LogP contribution in [0.5, 0.6) is 0 Å². The number of carbonyl (C=O) groups excluding carboxylic acids is 2. The van der Waals surface area contributed by atoms with Gasteiger partial charge in [0.2, 0.25) is 0 Å². The molecule has 0 amide bonds. The van der Waals surface area contributed by atoms with E-state index >= 15 is 0 Å². The van der Waals surface area contributed by atoms with E-state index in [1.165, 1.54) is 0 Å². The molecule has 1 aliphatic heterocycles. The Morgan fingerprint density at radius 1 is 1.43 bits per heavy atom. The van der Waals surface area contributed by atoms with Gasteiger partial charge in [0.05, 0.1) is 6.10 Å². The van der Waals surface area contributed by atoms with E-state index in [9.17, 15) is 18.0 Å². The van der Waals surface area contributed by atoms with Crippen LogP contribution in [0.2, 0.25) is 0 Å². The van der Waals surface area contributed by atoms with Crippen molar-refractivity contribution in [2.45, 2.75) is 37.2 Å². The van der Waals surface area contributed by atoms with Gasteiger partial charge in [-0.15, -0.1) is 0 Å². The van der Waals surface area contributed by atoms with Gasteiger partial charge in [-0.1, -0.05) is 13.5 Å². The maximum atomic E-state index is 12.0. The average Bonchev–Trinajstić information content (AvgIpc) is 2.91. The van der Waals surface area contributed by atoms with E-state index in [1.54, 1.807) is 0 Å². The normalized spacial score (nSPS) is 41.8. The maximum Gasteiger partial charge on any atom is 0.344 e. The molecule has 5 unspecified atom stereocenters. The number of esters is 2. The van der Waals surface area contributed by atoms with Crippen molar-refractivity contribution in [2.75, 3.05) is 6.61 Å². The van der Waals surface area contributed by atoms with Gasteiger partial charge in [-0.3, -0.25) is 4.18 Å². The van der Waals surface area contributed by atoms with Gasteiger partial charge >= 0.3 is 11.9 Å². The Kier molecular flexibility index (Phi) is 3.14. The van der Waals surface area contributed by atoms with Crippen LogP contribution < -0.4 is 0 Å². The molecule has 0 aromatic carbocycles. The van der Waals surface area contributed by atoms with Crippen LogP contribution in [-0.4, -0.2) is 44.4 Å². The van der Waals surface area contributed by atoms with Crippen LogP contribution in [-0.2, 0) is 33.4 Å². The predicted octanol–water partition coefficient (Wildman–Crippen LogP) is 0.154. The Bertz CT molecular complexity index is 606. The van der Waals surface area contributed by atoms with Crippen LogP contribution >= 0.6 is 0 Å². The monoisotopic (exact) mass is 316 g/mol.